The summed E-state index contributed by atoms with van der Waals surface area (Å²) in [6, 6.07) is 0. The minimum atomic E-state index is 0.394. The fourth-order valence-electron chi connectivity index (χ4n) is 2.54. The maximum atomic E-state index is 11.1. The second-order valence-electron chi connectivity index (χ2n) is 5.13. The van der Waals surface area contributed by atoms with E-state index in [0.29, 0.717) is 11.6 Å². The molecule has 1 rings (SSSR count). The highest BCUT2D eigenvalue weighted by molar-refractivity contribution is 5.73. The number of hydrogen-bond donors (Lipinski definition) is 0. The van der Waals surface area contributed by atoms with E-state index in [0.717, 1.165) is 37.8 Å². The highest BCUT2D eigenvalue weighted by Gasteiger charge is 2.19. The van der Waals surface area contributed by atoms with Gasteiger partial charge in [-0.15, -0.1) is 5.10 Å². The van der Waals surface area contributed by atoms with Crippen LogP contribution in [0.3, 0.4) is 0 Å². The van der Waals surface area contributed by atoms with E-state index >= 15 is 0 Å². The van der Waals surface area contributed by atoms with Crippen molar-refractivity contribution in [2.75, 3.05) is 0 Å². The molecule has 108 valence electrons. The second kappa shape index (κ2) is 8.83. The standard InChI is InChI=1S/C15H27N3O/c1-4-7-8-9-10-11-18-15(13(5-2)6-3)14(12-19)16-17-18/h12-13H,4-11H2,1-3H3. The first-order valence-electron chi connectivity index (χ1n) is 7.66. The zero-order chi connectivity index (χ0) is 14.1. The summed E-state index contributed by atoms with van der Waals surface area (Å²) in [5.41, 5.74) is 1.57. The van der Waals surface area contributed by atoms with Crippen molar-refractivity contribution in [1.82, 2.24) is 15.0 Å². The van der Waals surface area contributed by atoms with Gasteiger partial charge in [-0.2, -0.15) is 0 Å². The summed E-state index contributed by atoms with van der Waals surface area (Å²) in [4.78, 5) is 11.1. The normalized spacial score (nSPS) is 11.2. The van der Waals surface area contributed by atoms with Gasteiger partial charge in [-0.1, -0.05) is 51.7 Å². The lowest BCUT2D eigenvalue weighted by atomic mass is 9.97. The molecule has 1 aromatic rings. The Labute approximate surface area is 116 Å². The number of carbonyl (C=O) groups excluding carboxylic acids is 1. The third kappa shape index (κ3) is 4.44. The molecule has 0 aliphatic rings. The Kier molecular flexibility index (Phi) is 7.38. The van der Waals surface area contributed by atoms with E-state index in [1.807, 2.05) is 4.68 Å². The number of aromatic nitrogens is 3. The average molecular weight is 265 g/mol. The summed E-state index contributed by atoms with van der Waals surface area (Å²) in [7, 11) is 0. The van der Waals surface area contributed by atoms with Gasteiger partial charge in [0.05, 0.1) is 5.69 Å². The van der Waals surface area contributed by atoms with Gasteiger partial charge < -0.3 is 0 Å². The fourth-order valence-corrected chi connectivity index (χ4v) is 2.54. The van der Waals surface area contributed by atoms with Crippen molar-refractivity contribution in [3.63, 3.8) is 0 Å². The van der Waals surface area contributed by atoms with Gasteiger partial charge in [-0.05, 0) is 19.3 Å². The van der Waals surface area contributed by atoms with Crippen LogP contribution in [0.4, 0.5) is 0 Å². The van der Waals surface area contributed by atoms with Crippen LogP contribution in [-0.4, -0.2) is 21.3 Å². The van der Waals surface area contributed by atoms with Crippen molar-refractivity contribution in [2.45, 2.75) is 78.2 Å². The molecule has 0 saturated carbocycles. The summed E-state index contributed by atoms with van der Waals surface area (Å²) >= 11 is 0. The van der Waals surface area contributed by atoms with E-state index in [1.165, 1.54) is 25.7 Å². The first-order valence-corrected chi connectivity index (χ1v) is 7.66. The van der Waals surface area contributed by atoms with Gasteiger partial charge >= 0.3 is 0 Å². The molecule has 0 aliphatic heterocycles. The van der Waals surface area contributed by atoms with Crippen LogP contribution in [0.1, 0.15) is 87.8 Å². The highest BCUT2D eigenvalue weighted by atomic mass is 16.1. The smallest absolute Gasteiger partial charge is 0.172 e. The Balaban J connectivity index is 2.66. The van der Waals surface area contributed by atoms with E-state index in [9.17, 15) is 4.79 Å². The number of unbranched alkanes of at least 4 members (excludes halogenated alkanes) is 4. The Morgan fingerprint density at radius 1 is 1.11 bits per heavy atom. The molecule has 19 heavy (non-hydrogen) atoms. The maximum absolute atomic E-state index is 11.1. The first kappa shape index (κ1) is 15.9. The van der Waals surface area contributed by atoms with Gasteiger partial charge in [0.2, 0.25) is 0 Å². The Bertz CT molecular complexity index is 369. The van der Waals surface area contributed by atoms with E-state index in [2.05, 4.69) is 31.1 Å². The summed E-state index contributed by atoms with van der Waals surface area (Å²) in [6.45, 7) is 7.41. The monoisotopic (exact) mass is 265 g/mol. The molecule has 4 nitrogen and oxygen atoms in total. The molecule has 0 spiro atoms. The molecule has 0 aliphatic carbocycles. The Hall–Kier alpha value is -1.19. The number of carbonyl (C=O) groups is 1. The van der Waals surface area contributed by atoms with Crippen LogP contribution in [0.2, 0.25) is 0 Å². The third-order valence-corrected chi connectivity index (χ3v) is 3.76. The molecule has 0 saturated heterocycles. The van der Waals surface area contributed by atoms with E-state index in [4.69, 9.17) is 0 Å². The molecule has 0 radical (unpaired) electrons. The van der Waals surface area contributed by atoms with Gasteiger partial charge in [-0.3, -0.25) is 4.79 Å². The zero-order valence-electron chi connectivity index (χ0n) is 12.6. The highest BCUT2D eigenvalue weighted by Crippen LogP contribution is 2.24. The molecule has 0 fully saturated rings. The molecule has 0 amide bonds. The molecule has 0 bridgehead atoms. The van der Waals surface area contributed by atoms with Gasteiger partial charge in [0.25, 0.3) is 0 Å². The van der Waals surface area contributed by atoms with Crippen molar-refractivity contribution in [2.24, 2.45) is 0 Å². The number of aryl methyl sites for hydroxylation is 1. The van der Waals surface area contributed by atoms with Crippen molar-refractivity contribution in [3.8, 4) is 0 Å². The van der Waals surface area contributed by atoms with Crippen LogP contribution >= 0.6 is 0 Å². The molecule has 0 unspecified atom stereocenters. The van der Waals surface area contributed by atoms with Gasteiger partial charge in [0, 0.05) is 12.5 Å². The van der Waals surface area contributed by atoms with Crippen molar-refractivity contribution >= 4 is 6.29 Å². The van der Waals surface area contributed by atoms with Crippen molar-refractivity contribution < 1.29 is 4.79 Å². The molecule has 0 N–H and O–H groups in total. The number of rotatable bonds is 10. The third-order valence-electron chi connectivity index (χ3n) is 3.76. The topological polar surface area (TPSA) is 47.8 Å². The van der Waals surface area contributed by atoms with E-state index < -0.39 is 0 Å². The predicted molar refractivity (Wildman–Crippen MR) is 77.5 cm³/mol. The maximum Gasteiger partial charge on any atom is 0.172 e. The van der Waals surface area contributed by atoms with Crippen LogP contribution in [0.25, 0.3) is 0 Å². The second-order valence-corrected chi connectivity index (χ2v) is 5.13. The summed E-state index contributed by atoms with van der Waals surface area (Å²) < 4.78 is 1.95. The van der Waals surface area contributed by atoms with Crippen LogP contribution < -0.4 is 0 Å². The quantitative estimate of drug-likeness (QED) is 0.475. The number of aldehydes is 1. The van der Waals surface area contributed by atoms with Crippen LogP contribution in [0, 0.1) is 0 Å². The lowest BCUT2D eigenvalue weighted by Crippen LogP contribution is -2.10. The first-order chi connectivity index (χ1) is 9.28. The molecule has 1 heterocycles. The summed E-state index contributed by atoms with van der Waals surface area (Å²) in [5.74, 6) is 0.394. The Morgan fingerprint density at radius 2 is 1.79 bits per heavy atom. The minimum Gasteiger partial charge on any atom is -0.296 e. The van der Waals surface area contributed by atoms with Gasteiger partial charge in [0.1, 0.15) is 5.69 Å². The largest absolute Gasteiger partial charge is 0.296 e. The number of hydrogen-bond acceptors (Lipinski definition) is 3. The Morgan fingerprint density at radius 3 is 2.37 bits per heavy atom. The molecule has 4 heteroatoms. The summed E-state index contributed by atoms with van der Waals surface area (Å²) in [5, 5.41) is 8.17. The molecule has 0 atom stereocenters. The zero-order valence-corrected chi connectivity index (χ0v) is 12.6. The van der Waals surface area contributed by atoms with E-state index in [1.54, 1.807) is 0 Å². The fraction of sp³-hybridized carbons (Fsp3) is 0.800. The minimum absolute atomic E-state index is 0.394. The predicted octanol–water partition coefficient (Wildman–Crippen LogP) is 3.96. The molecular weight excluding hydrogens is 238 g/mol. The molecular formula is C15H27N3O. The van der Waals surface area contributed by atoms with Crippen LogP contribution in [0.15, 0.2) is 0 Å². The van der Waals surface area contributed by atoms with E-state index in [-0.39, 0.29) is 0 Å². The average Bonchev–Trinajstić information content (AvgIpc) is 2.83. The molecule has 1 aromatic heterocycles. The SMILES string of the molecule is CCCCCCCn1nnc(C=O)c1C(CC)CC. The lowest BCUT2D eigenvalue weighted by Gasteiger charge is -2.14. The van der Waals surface area contributed by atoms with Crippen LogP contribution in [-0.2, 0) is 6.54 Å². The molecule has 0 aromatic carbocycles. The van der Waals surface area contributed by atoms with Crippen LogP contribution in [0.5, 0.6) is 0 Å². The number of nitrogens with zero attached hydrogens (tertiary/aromatic N) is 3. The van der Waals surface area contributed by atoms with Gasteiger partial charge in [-0.25, -0.2) is 4.68 Å². The summed E-state index contributed by atoms with van der Waals surface area (Å²) in [6.07, 6.45) is 9.09. The van der Waals surface area contributed by atoms with Crippen molar-refractivity contribution in [1.29, 1.82) is 0 Å². The lowest BCUT2D eigenvalue weighted by molar-refractivity contribution is 0.111. The van der Waals surface area contributed by atoms with Crippen molar-refractivity contribution in [3.05, 3.63) is 11.4 Å². The van der Waals surface area contributed by atoms with Gasteiger partial charge in [0.15, 0.2) is 6.29 Å².